The molecule has 1 unspecified atom stereocenters. The lowest BCUT2D eigenvalue weighted by Crippen LogP contribution is -2.43. The number of amides is 2. The first-order valence-electron chi connectivity index (χ1n) is 9.96. The Hall–Kier alpha value is -2.08. The number of nitrogens with zero attached hydrogens (tertiary/aromatic N) is 2. The lowest BCUT2D eigenvalue weighted by Gasteiger charge is -2.32. The van der Waals surface area contributed by atoms with Crippen molar-refractivity contribution in [1.82, 2.24) is 9.80 Å². The Kier molecular flexibility index (Phi) is 7.10. The second kappa shape index (κ2) is 9.74. The molecule has 2 aliphatic heterocycles. The van der Waals surface area contributed by atoms with E-state index in [1.54, 1.807) is 7.11 Å². The highest BCUT2D eigenvalue weighted by Crippen LogP contribution is 2.21. The molecule has 0 spiro atoms. The van der Waals surface area contributed by atoms with E-state index in [1.165, 1.54) is 6.42 Å². The van der Waals surface area contributed by atoms with Crippen molar-refractivity contribution in [3.05, 3.63) is 29.8 Å². The van der Waals surface area contributed by atoms with Gasteiger partial charge in [0, 0.05) is 44.8 Å². The molecule has 0 N–H and O–H groups in total. The first kappa shape index (κ1) is 19.7. The number of ether oxygens (including phenoxy) is 2. The van der Waals surface area contributed by atoms with Crippen molar-refractivity contribution in [2.75, 3.05) is 46.5 Å². The maximum absolute atomic E-state index is 12.7. The van der Waals surface area contributed by atoms with Crippen molar-refractivity contribution in [3.8, 4) is 5.75 Å². The van der Waals surface area contributed by atoms with E-state index in [9.17, 15) is 9.59 Å². The van der Waals surface area contributed by atoms with Gasteiger partial charge in [-0.2, -0.15) is 0 Å². The van der Waals surface area contributed by atoms with Crippen LogP contribution in [-0.2, 0) is 9.53 Å². The molecular formula is C21H30N2O4. The van der Waals surface area contributed by atoms with Crippen LogP contribution in [0.15, 0.2) is 24.3 Å². The summed E-state index contributed by atoms with van der Waals surface area (Å²) in [5.41, 5.74) is 0.690. The third kappa shape index (κ3) is 5.45. The van der Waals surface area contributed by atoms with Crippen LogP contribution in [0.2, 0.25) is 0 Å². The predicted octanol–water partition coefficient (Wildman–Crippen LogP) is 2.58. The van der Waals surface area contributed by atoms with Crippen LogP contribution in [0.3, 0.4) is 0 Å². The molecule has 3 rings (SSSR count). The quantitative estimate of drug-likeness (QED) is 0.768. The molecule has 2 aliphatic rings. The molecular weight excluding hydrogens is 344 g/mol. The van der Waals surface area contributed by atoms with Crippen LogP contribution in [0.1, 0.15) is 42.5 Å². The lowest BCUT2D eigenvalue weighted by molar-refractivity contribution is -0.137. The van der Waals surface area contributed by atoms with Gasteiger partial charge in [0.25, 0.3) is 5.91 Å². The fourth-order valence-electron chi connectivity index (χ4n) is 3.85. The smallest absolute Gasteiger partial charge is 0.253 e. The molecule has 0 radical (unpaired) electrons. The molecule has 2 amide bonds. The van der Waals surface area contributed by atoms with E-state index in [1.807, 2.05) is 34.1 Å². The zero-order valence-corrected chi connectivity index (χ0v) is 16.2. The number of hydrogen-bond donors (Lipinski definition) is 0. The summed E-state index contributed by atoms with van der Waals surface area (Å²) in [5.74, 6) is 1.16. The van der Waals surface area contributed by atoms with Gasteiger partial charge in [0.15, 0.2) is 0 Å². The van der Waals surface area contributed by atoms with Crippen LogP contribution in [-0.4, -0.2) is 68.1 Å². The van der Waals surface area contributed by atoms with Crippen LogP contribution < -0.4 is 4.74 Å². The predicted molar refractivity (Wildman–Crippen MR) is 103 cm³/mol. The first-order valence-corrected chi connectivity index (χ1v) is 9.96. The first-order chi connectivity index (χ1) is 13.2. The minimum Gasteiger partial charge on any atom is -0.493 e. The standard InChI is InChI=1S/C21H30N2O4/c1-26-16-20(24)23-12-6-7-17(14-23)15-27-19-9-5-8-18(13-19)21(25)22-10-3-2-4-11-22/h5,8-9,13,17H,2-4,6-7,10-12,14-16H2,1H3. The van der Waals surface area contributed by atoms with E-state index in [0.29, 0.717) is 24.6 Å². The van der Waals surface area contributed by atoms with E-state index in [4.69, 9.17) is 9.47 Å². The van der Waals surface area contributed by atoms with Gasteiger partial charge in [-0.1, -0.05) is 6.07 Å². The molecule has 2 saturated heterocycles. The maximum Gasteiger partial charge on any atom is 0.253 e. The van der Waals surface area contributed by atoms with Crippen molar-refractivity contribution in [2.45, 2.75) is 32.1 Å². The topological polar surface area (TPSA) is 59.1 Å². The molecule has 148 valence electrons. The van der Waals surface area contributed by atoms with Gasteiger partial charge in [0.1, 0.15) is 12.4 Å². The van der Waals surface area contributed by atoms with Gasteiger partial charge in [-0.3, -0.25) is 9.59 Å². The number of carbonyl (C=O) groups excluding carboxylic acids is 2. The number of benzene rings is 1. The van der Waals surface area contributed by atoms with E-state index in [-0.39, 0.29) is 18.4 Å². The molecule has 6 heteroatoms. The Morgan fingerprint density at radius 1 is 1.07 bits per heavy atom. The SMILES string of the molecule is COCC(=O)N1CCCC(COc2cccc(C(=O)N3CCCCC3)c2)C1. The summed E-state index contributed by atoms with van der Waals surface area (Å²) in [7, 11) is 1.54. The number of piperidine rings is 2. The van der Waals surface area contributed by atoms with Crippen molar-refractivity contribution >= 4 is 11.8 Å². The maximum atomic E-state index is 12.7. The van der Waals surface area contributed by atoms with E-state index in [2.05, 4.69) is 0 Å². The molecule has 1 atom stereocenters. The number of carbonyl (C=O) groups is 2. The average Bonchev–Trinajstić information content (AvgIpc) is 2.73. The summed E-state index contributed by atoms with van der Waals surface area (Å²) in [4.78, 5) is 28.4. The summed E-state index contributed by atoms with van der Waals surface area (Å²) in [6.07, 6.45) is 5.40. The van der Waals surface area contributed by atoms with Crippen LogP contribution in [0.5, 0.6) is 5.75 Å². The second-order valence-electron chi connectivity index (χ2n) is 7.47. The van der Waals surface area contributed by atoms with Crippen molar-refractivity contribution in [2.24, 2.45) is 5.92 Å². The molecule has 2 fully saturated rings. The van der Waals surface area contributed by atoms with Gasteiger partial charge < -0.3 is 19.3 Å². The molecule has 6 nitrogen and oxygen atoms in total. The summed E-state index contributed by atoms with van der Waals surface area (Å²) in [5, 5.41) is 0. The summed E-state index contributed by atoms with van der Waals surface area (Å²) in [6, 6.07) is 7.47. The number of methoxy groups -OCH3 is 1. The highest BCUT2D eigenvalue weighted by atomic mass is 16.5. The average molecular weight is 374 g/mol. The Morgan fingerprint density at radius 3 is 2.63 bits per heavy atom. The van der Waals surface area contributed by atoms with Crippen molar-refractivity contribution in [3.63, 3.8) is 0 Å². The number of rotatable bonds is 6. The van der Waals surface area contributed by atoms with Crippen molar-refractivity contribution in [1.29, 1.82) is 0 Å². The van der Waals surface area contributed by atoms with Crippen LogP contribution in [0.4, 0.5) is 0 Å². The third-order valence-corrected chi connectivity index (χ3v) is 5.35. The largest absolute Gasteiger partial charge is 0.493 e. The van der Waals surface area contributed by atoms with Crippen LogP contribution in [0, 0.1) is 5.92 Å². The normalized spacial score (nSPS) is 20.4. The van der Waals surface area contributed by atoms with Crippen molar-refractivity contribution < 1.29 is 19.1 Å². The fraction of sp³-hybridized carbons (Fsp3) is 0.619. The summed E-state index contributed by atoms with van der Waals surface area (Å²) >= 11 is 0. The monoisotopic (exact) mass is 374 g/mol. The number of likely N-dealkylation sites (tertiary alicyclic amines) is 2. The molecule has 0 aromatic heterocycles. The third-order valence-electron chi connectivity index (χ3n) is 5.35. The van der Waals surface area contributed by atoms with Crippen LogP contribution in [0.25, 0.3) is 0 Å². The highest BCUT2D eigenvalue weighted by Gasteiger charge is 2.24. The summed E-state index contributed by atoms with van der Waals surface area (Å²) < 4.78 is 10.9. The summed E-state index contributed by atoms with van der Waals surface area (Å²) in [6.45, 7) is 3.87. The van der Waals surface area contributed by atoms with E-state index >= 15 is 0 Å². The molecule has 0 bridgehead atoms. The van der Waals surface area contributed by atoms with Crippen LogP contribution >= 0.6 is 0 Å². The second-order valence-corrected chi connectivity index (χ2v) is 7.47. The minimum absolute atomic E-state index is 0.0383. The van der Waals surface area contributed by atoms with Gasteiger partial charge >= 0.3 is 0 Å². The van der Waals surface area contributed by atoms with Gasteiger partial charge in [-0.15, -0.1) is 0 Å². The zero-order chi connectivity index (χ0) is 19.1. The Bertz CT molecular complexity index is 643. The minimum atomic E-state index is 0.0383. The number of hydrogen-bond acceptors (Lipinski definition) is 4. The molecule has 27 heavy (non-hydrogen) atoms. The highest BCUT2D eigenvalue weighted by molar-refractivity contribution is 5.94. The molecule has 1 aromatic carbocycles. The molecule has 1 aromatic rings. The molecule has 0 saturated carbocycles. The lowest BCUT2D eigenvalue weighted by atomic mass is 9.99. The zero-order valence-electron chi connectivity index (χ0n) is 16.2. The van der Waals surface area contributed by atoms with Gasteiger partial charge in [-0.05, 0) is 50.3 Å². The Morgan fingerprint density at radius 2 is 1.85 bits per heavy atom. The van der Waals surface area contributed by atoms with E-state index < -0.39 is 0 Å². The van der Waals surface area contributed by atoms with Gasteiger partial charge in [0.2, 0.25) is 5.91 Å². The van der Waals surface area contributed by atoms with Gasteiger partial charge in [-0.25, -0.2) is 0 Å². The van der Waals surface area contributed by atoms with Gasteiger partial charge in [0.05, 0.1) is 6.61 Å². The Labute approximate surface area is 161 Å². The Balaban J connectivity index is 1.53. The van der Waals surface area contributed by atoms with E-state index in [0.717, 1.165) is 51.1 Å². The molecule has 0 aliphatic carbocycles. The fourth-order valence-corrected chi connectivity index (χ4v) is 3.85. The molecule has 2 heterocycles.